The van der Waals surface area contributed by atoms with Crippen LogP contribution in [0.15, 0.2) is 24.3 Å². The normalized spacial score (nSPS) is 21.7. The zero-order valence-electron chi connectivity index (χ0n) is 15.5. The van der Waals surface area contributed by atoms with E-state index in [1.54, 1.807) is 0 Å². The van der Waals surface area contributed by atoms with E-state index in [2.05, 4.69) is 0 Å². The van der Waals surface area contributed by atoms with Crippen molar-refractivity contribution in [3.63, 3.8) is 0 Å². The molecule has 1 aromatic carbocycles. The Kier molecular flexibility index (Phi) is 6.24. The Balaban J connectivity index is 1.93. The number of carbonyl (C=O) groups excluding carboxylic acids is 1. The largest absolute Gasteiger partial charge is 0.388 e. The lowest BCUT2D eigenvalue weighted by Crippen LogP contribution is -2.41. The molecule has 0 bridgehead atoms. The van der Waals surface area contributed by atoms with Crippen molar-refractivity contribution >= 4 is 11.6 Å². The predicted molar refractivity (Wildman–Crippen MR) is 98.4 cm³/mol. The first-order valence-corrected chi connectivity index (χ1v) is 8.70. The lowest BCUT2D eigenvalue weighted by atomic mass is 9.94. The zero-order chi connectivity index (χ0) is 17.7. The third-order valence-electron chi connectivity index (χ3n) is 4.69. The van der Waals surface area contributed by atoms with Gasteiger partial charge in [0.25, 0.3) is 0 Å². The Bertz CT molecular complexity index is 542. The number of anilines is 1. The topological polar surface area (TPSA) is 47.0 Å². The van der Waals surface area contributed by atoms with Crippen molar-refractivity contribution in [2.75, 3.05) is 52.7 Å². The molecule has 5 heteroatoms. The monoisotopic (exact) mass is 333 g/mol. The van der Waals surface area contributed by atoms with Gasteiger partial charge in [-0.05, 0) is 51.1 Å². The number of rotatable bonds is 5. The lowest BCUT2D eigenvalue weighted by molar-refractivity contribution is -0.130. The van der Waals surface area contributed by atoms with E-state index in [0.29, 0.717) is 25.9 Å². The Morgan fingerprint density at radius 2 is 1.79 bits per heavy atom. The van der Waals surface area contributed by atoms with E-state index in [-0.39, 0.29) is 5.91 Å². The molecule has 1 saturated heterocycles. The van der Waals surface area contributed by atoms with Crippen LogP contribution in [0.5, 0.6) is 0 Å². The molecule has 0 unspecified atom stereocenters. The lowest BCUT2D eigenvalue weighted by Gasteiger charge is -2.30. The van der Waals surface area contributed by atoms with Gasteiger partial charge in [0.05, 0.1) is 12.0 Å². The molecule has 0 saturated carbocycles. The molecule has 1 heterocycles. The fourth-order valence-electron chi connectivity index (χ4n) is 3.37. The second kappa shape index (κ2) is 7.99. The molecule has 0 spiro atoms. The van der Waals surface area contributed by atoms with Crippen molar-refractivity contribution in [2.24, 2.45) is 0 Å². The number of amides is 1. The van der Waals surface area contributed by atoms with Crippen molar-refractivity contribution in [1.29, 1.82) is 0 Å². The van der Waals surface area contributed by atoms with Crippen LogP contribution in [-0.2, 0) is 11.2 Å². The van der Waals surface area contributed by atoms with Crippen LogP contribution in [0.4, 0.5) is 5.69 Å². The first-order valence-electron chi connectivity index (χ1n) is 8.70. The first-order chi connectivity index (χ1) is 11.3. The number of nitrogens with zero attached hydrogens (tertiary/aromatic N) is 3. The highest BCUT2D eigenvalue weighted by molar-refractivity contribution is 5.79. The molecule has 1 amide bonds. The summed E-state index contributed by atoms with van der Waals surface area (Å²) in [5.41, 5.74) is 1.50. The molecule has 5 nitrogen and oxygen atoms in total. The minimum atomic E-state index is -0.675. The van der Waals surface area contributed by atoms with Crippen LogP contribution in [0.2, 0.25) is 0 Å². The highest BCUT2D eigenvalue weighted by atomic mass is 16.3. The van der Waals surface area contributed by atoms with Crippen molar-refractivity contribution in [2.45, 2.75) is 31.3 Å². The molecule has 1 aliphatic heterocycles. The van der Waals surface area contributed by atoms with Gasteiger partial charge < -0.3 is 19.8 Å². The third-order valence-corrected chi connectivity index (χ3v) is 4.69. The highest BCUT2D eigenvalue weighted by Crippen LogP contribution is 2.23. The molecule has 1 atom stereocenters. The standard InChI is InChI=1S/C19H31N3O2/c1-20(2)15-19(24)10-5-12-22(13-11-19)18(23)14-16-6-8-17(9-7-16)21(3)4/h6-9,24H,5,10-15H2,1-4H3/t19-/m1/s1. The Morgan fingerprint density at radius 3 is 2.38 bits per heavy atom. The summed E-state index contributed by atoms with van der Waals surface area (Å²) in [7, 11) is 7.96. The van der Waals surface area contributed by atoms with Crippen molar-refractivity contribution < 1.29 is 9.90 Å². The fourth-order valence-corrected chi connectivity index (χ4v) is 3.37. The van der Waals surface area contributed by atoms with Gasteiger partial charge in [0.1, 0.15) is 0 Å². The summed E-state index contributed by atoms with van der Waals surface area (Å²) in [5.74, 6) is 0.154. The van der Waals surface area contributed by atoms with Crippen LogP contribution < -0.4 is 4.90 Å². The molecule has 1 N–H and O–H groups in total. The van der Waals surface area contributed by atoms with Gasteiger partial charge in [0.15, 0.2) is 0 Å². The van der Waals surface area contributed by atoms with E-state index >= 15 is 0 Å². The van der Waals surface area contributed by atoms with Gasteiger partial charge in [0.2, 0.25) is 5.91 Å². The SMILES string of the molecule is CN(C)C[C@@]1(O)CCCN(C(=O)Cc2ccc(N(C)C)cc2)CC1. The molecular formula is C19H31N3O2. The van der Waals surface area contributed by atoms with Crippen LogP contribution in [0.3, 0.4) is 0 Å². The van der Waals surface area contributed by atoms with Crippen LogP contribution in [0.1, 0.15) is 24.8 Å². The molecule has 1 fully saturated rings. The maximum Gasteiger partial charge on any atom is 0.226 e. The molecule has 2 rings (SSSR count). The van der Waals surface area contributed by atoms with Crippen LogP contribution >= 0.6 is 0 Å². The van der Waals surface area contributed by atoms with Gasteiger partial charge in [-0.15, -0.1) is 0 Å². The third kappa shape index (κ3) is 5.21. The summed E-state index contributed by atoms with van der Waals surface area (Å²) in [6.45, 7) is 2.03. The van der Waals surface area contributed by atoms with E-state index in [1.165, 1.54) is 0 Å². The fraction of sp³-hybridized carbons (Fsp3) is 0.632. The maximum absolute atomic E-state index is 12.6. The summed E-state index contributed by atoms with van der Waals surface area (Å²) in [5, 5.41) is 10.7. The molecule has 24 heavy (non-hydrogen) atoms. The first kappa shape index (κ1) is 18.7. The summed E-state index contributed by atoms with van der Waals surface area (Å²) in [6.07, 6.45) is 2.69. The van der Waals surface area contributed by atoms with Gasteiger partial charge in [-0.25, -0.2) is 0 Å². The molecule has 0 radical (unpaired) electrons. The van der Waals surface area contributed by atoms with Gasteiger partial charge in [-0.1, -0.05) is 12.1 Å². The van der Waals surface area contributed by atoms with Crippen LogP contribution in [-0.4, -0.2) is 74.2 Å². The number of benzene rings is 1. The van der Waals surface area contributed by atoms with E-state index in [4.69, 9.17) is 0 Å². The molecule has 1 aliphatic rings. The van der Waals surface area contributed by atoms with Crippen molar-refractivity contribution in [3.05, 3.63) is 29.8 Å². The quantitative estimate of drug-likeness (QED) is 0.889. The average molecular weight is 333 g/mol. The minimum Gasteiger partial charge on any atom is -0.388 e. The minimum absolute atomic E-state index is 0.154. The number of hydrogen-bond acceptors (Lipinski definition) is 4. The summed E-state index contributed by atoms with van der Waals surface area (Å²) in [6, 6.07) is 8.13. The van der Waals surface area contributed by atoms with Crippen molar-refractivity contribution in [1.82, 2.24) is 9.80 Å². The van der Waals surface area contributed by atoms with Gasteiger partial charge in [-0.3, -0.25) is 4.79 Å². The Morgan fingerprint density at radius 1 is 1.12 bits per heavy atom. The second-order valence-electron chi connectivity index (χ2n) is 7.43. The highest BCUT2D eigenvalue weighted by Gasteiger charge is 2.31. The molecule has 0 aliphatic carbocycles. The van der Waals surface area contributed by atoms with Gasteiger partial charge in [-0.2, -0.15) is 0 Å². The van der Waals surface area contributed by atoms with Crippen LogP contribution in [0.25, 0.3) is 0 Å². The maximum atomic E-state index is 12.6. The Labute approximate surface area is 145 Å². The van der Waals surface area contributed by atoms with Crippen molar-refractivity contribution in [3.8, 4) is 0 Å². The zero-order valence-corrected chi connectivity index (χ0v) is 15.5. The number of likely N-dealkylation sites (tertiary alicyclic amines) is 1. The van der Waals surface area contributed by atoms with E-state index in [9.17, 15) is 9.90 Å². The summed E-state index contributed by atoms with van der Waals surface area (Å²) >= 11 is 0. The second-order valence-corrected chi connectivity index (χ2v) is 7.43. The number of aliphatic hydroxyl groups is 1. The van der Waals surface area contributed by atoms with Crippen LogP contribution in [0, 0.1) is 0 Å². The molecule has 0 aromatic heterocycles. The molecule has 1 aromatic rings. The smallest absolute Gasteiger partial charge is 0.226 e. The molecule has 134 valence electrons. The predicted octanol–water partition coefficient (Wildman–Crippen LogP) is 1.60. The van der Waals surface area contributed by atoms with Gasteiger partial charge >= 0.3 is 0 Å². The average Bonchev–Trinajstić information content (AvgIpc) is 2.69. The van der Waals surface area contributed by atoms with E-state index < -0.39 is 5.60 Å². The van der Waals surface area contributed by atoms with E-state index in [0.717, 1.165) is 30.6 Å². The number of carbonyl (C=O) groups is 1. The molecular weight excluding hydrogens is 302 g/mol. The number of hydrogen-bond donors (Lipinski definition) is 1. The van der Waals surface area contributed by atoms with Gasteiger partial charge in [0, 0.05) is 39.4 Å². The summed E-state index contributed by atoms with van der Waals surface area (Å²) in [4.78, 5) is 18.6. The summed E-state index contributed by atoms with van der Waals surface area (Å²) < 4.78 is 0. The number of likely N-dealkylation sites (N-methyl/N-ethyl adjacent to an activating group) is 1. The van der Waals surface area contributed by atoms with E-state index in [1.807, 2.05) is 67.2 Å². The Hall–Kier alpha value is -1.59.